The summed E-state index contributed by atoms with van der Waals surface area (Å²) in [6, 6.07) is 4.82. The van der Waals surface area contributed by atoms with E-state index >= 15 is 0 Å². The quantitative estimate of drug-likeness (QED) is 0.704. The number of nitrogens with one attached hydrogen (secondary N) is 1. The highest BCUT2D eigenvalue weighted by atomic mass is 16.5. The van der Waals surface area contributed by atoms with Gasteiger partial charge in [-0.2, -0.15) is 0 Å². The van der Waals surface area contributed by atoms with Crippen LogP contribution in [-0.4, -0.2) is 53.5 Å². The van der Waals surface area contributed by atoms with Crippen LogP contribution in [0.3, 0.4) is 0 Å². The van der Waals surface area contributed by atoms with Crippen LogP contribution in [0, 0.1) is 13.8 Å². The van der Waals surface area contributed by atoms with Crippen molar-refractivity contribution in [3.8, 4) is 5.75 Å². The molecule has 1 rings (SSSR count). The van der Waals surface area contributed by atoms with Crippen molar-refractivity contribution in [1.29, 1.82) is 0 Å². The van der Waals surface area contributed by atoms with Crippen LogP contribution >= 0.6 is 0 Å². The first kappa shape index (κ1) is 20.5. The van der Waals surface area contributed by atoms with Crippen LogP contribution in [0.4, 0.5) is 0 Å². The normalized spacial score (nSPS) is 11.5. The highest BCUT2D eigenvalue weighted by Crippen LogP contribution is 2.16. The van der Waals surface area contributed by atoms with Crippen molar-refractivity contribution in [2.75, 3.05) is 19.7 Å². The predicted octanol–water partition coefficient (Wildman–Crippen LogP) is 1.51. The molecule has 0 aromatic heterocycles. The molecule has 0 aliphatic carbocycles. The number of carboxylic acid groups (broad SMARTS) is 1. The van der Waals surface area contributed by atoms with E-state index in [9.17, 15) is 14.4 Å². The van der Waals surface area contributed by atoms with Crippen molar-refractivity contribution < 1.29 is 24.2 Å². The second kappa shape index (κ2) is 9.66. The molecule has 0 aliphatic rings. The van der Waals surface area contributed by atoms with E-state index < -0.39 is 12.0 Å². The average Bonchev–Trinajstić information content (AvgIpc) is 2.49. The summed E-state index contributed by atoms with van der Waals surface area (Å²) in [5, 5.41) is 11.7. The lowest BCUT2D eigenvalue weighted by Crippen LogP contribution is -2.47. The molecule has 7 heteroatoms. The summed E-state index contributed by atoms with van der Waals surface area (Å²) in [4.78, 5) is 35.7. The van der Waals surface area contributed by atoms with E-state index in [1.165, 1.54) is 18.7 Å². The van der Waals surface area contributed by atoms with Crippen LogP contribution in [0.15, 0.2) is 18.2 Å². The summed E-state index contributed by atoms with van der Waals surface area (Å²) in [6.07, 6.45) is 0.0602. The van der Waals surface area contributed by atoms with Gasteiger partial charge in [0.15, 0.2) is 0 Å². The maximum Gasteiger partial charge on any atom is 0.326 e. The predicted molar refractivity (Wildman–Crippen MR) is 93.5 cm³/mol. The summed E-state index contributed by atoms with van der Waals surface area (Å²) >= 11 is 0. The van der Waals surface area contributed by atoms with Crippen LogP contribution in [0.1, 0.15) is 31.4 Å². The molecule has 0 heterocycles. The summed E-state index contributed by atoms with van der Waals surface area (Å²) in [7, 11) is 0. The van der Waals surface area contributed by atoms with Crippen molar-refractivity contribution >= 4 is 17.8 Å². The van der Waals surface area contributed by atoms with E-state index in [0.717, 1.165) is 11.1 Å². The number of aliphatic carboxylic acids is 1. The molecular weight excluding hydrogens is 324 g/mol. The number of hydrogen-bond acceptors (Lipinski definition) is 4. The molecular formula is C18H26N2O5. The second-order valence-electron chi connectivity index (χ2n) is 6.01. The molecule has 1 aromatic rings. The third kappa shape index (κ3) is 7.24. The highest BCUT2D eigenvalue weighted by molar-refractivity contribution is 5.83. The number of ether oxygens (including phenoxy) is 1. The number of amides is 2. The number of carbonyl (C=O) groups is 3. The SMILES string of the molecule is CC(=O)NCCN(C(=O)CCOc1cc(C)cc(C)c1)C(C)C(=O)O. The Morgan fingerprint density at radius 1 is 1.20 bits per heavy atom. The Balaban J connectivity index is 2.61. The van der Waals surface area contributed by atoms with Crippen LogP contribution in [-0.2, 0) is 14.4 Å². The minimum Gasteiger partial charge on any atom is -0.493 e. The van der Waals surface area contributed by atoms with Crippen LogP contribution < -0.4 is 10.1 Å². The second-order valence-corrected chi connectivity index (χ2v) is 6.01. The van der Waals surface area contributed by atoms with Gasteiger partial charge in [-0.1, -0.05) is 6.07 Å². The number of aryl methyl sites for hydroxylation is 2. The molecule has 2 N–H and O–H groups in total. The molecule has 138 valence electrons. The Kier molecular flexibility index (Phi) is 7.91. The standard InChI is InChI=1S/C18H26N2O5/c1-12-9-13(2)11-16(10-12)25-8-5-17(22)20(14(3)18(23)24)7-6-19-15(4)21/h9-11,14H,5-8H2,1-4H3,(H,19,21)(H,23,24). The Morgan fingerprint density at radius 3 is 2.32 bits per heavy atom. The van der Waals surface area contributed by atoms with E-state index in [-0.39, 0.29) is 37.9 Å². The number of carboxylic acids is 1. The number of nitrogens with zero attached hydrogens (tertiary/aromatic N) is 1. The molecule has 1 unspecified atom stereocenters. The van der Waals surface area contributed by atoms with Crippen LogP contribution in [0.25, 0.3) is 0 Å². The van der Waals surface area contributed by atoms with E-state index in [2.05, 4.69) is 5.32 Å². The Labute approximate surface area is 148 Å². The van der Waals surface area contributed by atoms with Gasteiger partial charge in [-0.15, -0.1) is 0 Å². The molecule has 0 spiro atoms. The first-order chi connectivity index (χ1) is 11.7. The first-order valence-electron chi connectivity index (χ1n) is 8.18. The maximum absolute atomic E-state index is 12.4. The number of carbonyl (C=O) groups excluding carboxylic acids is 2. The number of hydrogen-bond donors (Lipinski definition) is 2. The molecule has 7 nitrogen and oxygen atoms in total. The third-order valence-electron chi connectivity index (χ3n) is 3.65. The fourth-order valence-corrected chi connectivity index (χ4v) is 2.44. The van der Waals surface area contributed by atoms with E-state index in [0.29, 0.717) is 5.75 Å². The van der Waals surface area contributed by atoms with Gasteiger partial charge >= 0.3 is 5.97 Å². The summed E-state index contributed by atoms with van der Waals surface area (Å²) in [5.41, 5.74) is 2.13. The zero-order chi connectivity index (χ0) is 19.0. The van der Waals surface area contributed by atoms with Gasteiger partial charge in [-0.25, -0.2) is 4.79 Å². The van der Waals surface area contributed by atoms with Gasteiger partial charge in [0.1, 0.15) is 11.8 Å². The zero-order valence-electron chi connectivity index (χ0n) is 15.2. The lowest BCUT2D eigenvalue weighted by atomic mass is 10.1. The Morgan fingerprint density at radius 2 is 1.80 bits per heavy atom. The van der Waals surface area contributed by atoms with Gasteiger partial charge in [0.2, 0.25) is 11.8 Å². The first-order valence-corrected chi connectivity index (χ1v) is 8.18. The lowest BCUT2D eigenvalue weighted by molar-refractivity contribution is -0.149. The Bertz CT molecular complexity index is 610. The van der Waals surface area contributed by atoms with Crippen molar-refractivity contribution in [2.45, 2.75) is 40.2 Å². The molecule has 0 bridgehead atoms. The zero-order valence-corrected chi connectivity index (χ0v) is 15.2. The van der Waals surface area contributed by atoms with E-state index in [1.54, 1.807) is 0 Å². The summed E-state index contributed by atoms with van der Waals surface area (Å²) < 4.78 is 5.61. The monoisotopic (exact) mass is 350 g/mol. The van der Waals surface area contributed by atoms with Gasteiger partial charge in [0.05, 0.1) is 13.0 Å². The fraction of sp³-hybridized carbons (Fsp3) is 0.500. The summed E-state index contributed by atoms with van der Waals surface area (Å²) in [5.74, 6) is -0.967. The van der Waals surface area contributed by atoms with Crippen molar-refractivity contribution in [3.63, 3.8) is 0 Å². The molecule has 0 radical (unpaired) electrons. The van der Waals surface area contributed by atoms with Crippen molar-refractivity contribution in [1.82, 2.24) is 10.2 Å². The number of rotatable bonds is 9. The van der Waals surface area contributed by atoms with Crippen LogP contribution in [0.5, 0.6) is 5.75 Å². The lowest BCUT2D eigenvalue weighted by Gasteiger charge is -2.26. The van der Waals surface area contributed by atoms with Crippen LogP contribution in [0.2, 0.25) is 0 Å². The minimum atomic E-state index is -1.09. The average molecular weight is 350 g/mol. The highest BCUT2D eigenvalue weighted by Gasteiger charge is 2.25. The van der Waals surface area contributed by atoms with Gasteiger partial charge in [-0.3, -0.25) is 9.59 Å². The smallest absolute Gasteiger partial charge is 0.326 e. The molecule has 1 atom stereocenters. The maximum atomic E-state index is 12.4. The van der Waals surface area contributed by atoms with Gasteiger partial charge in [0, 0.05) is 20.0 Å². The molecule has 0 fully saturated rings. The molecule has 0 saturated carbocycles. The fourth-order valence-electron chi connectivity index (χ4n) is 2.44. The third-order valence-corrected chi connectivity index (χ3v) is 3.65. The van der Waals surface area contributed by atoms with E-state index in [1.807, 2.05) is 32.0 Å². The van der Waals surface area contributed by atoms with E-state index in [4.69, 9.17) is 9.84 Å². The Hall–Kier alpha value is -2.57. The molecule has 1 aromatic carbocycles. The molecule has 2 amide bonds. The molecule has 0 aliphatic heterocycles. The van der Waals surface area contributed by atoms with Gasteiger partial charge in [0.25, 0.3) is 0 Å². The summed E-state index contributed by atoms with van der Waals surface area (Å²) in [6.45, 7) is 7.23. The van der Waals surface area contributed by atoms with Crippen molar-refractivity contribution in [3.05, 3.63) is 29.3 Å². The van der Waals surface area contributed by atoms with Gasteiger partial charge < -0.3 is 20.1 Å². The minimum absolute atomic E-state index is 0.0602. The molecule has 0 saturated heterocycles. The largest absolute Gasteiger partial charge is 0.493 e. The van der Waals surface area contributed by atoms with Gasteiger partial charge in [-0.05, 0) is 44.0 Å². The number of benzene rings is 1. The topological polar surface area (TPSA) is 95.9 Å². The molecule has 25 heavy (non-hydrogen) atoms. The van der Waals surface area contributed by atoms with Crippen molar-refractivity contribution in [2.24, 2.45) is 0 Å².